The summed E-state index contributed by atoms with van der Waals surface area (Å²) in [5.74, 6) is 1.21. The lowest BCUT2D eigenvalue weighted by Crippen LogP contribution is -2.72. The number of carbonyl (C=O) groups excluding carboxylic acids is 1. The van der Waals surface area contributed by atoms with E-state index in [-0.39, 0.29) is 23.1 Å². The summed E-state index contributed by atoms with van der Waals surface area (Å²) in [5.41, 5.74) is 3.58. The summed E-state index contributed by atoms with van der Waals surface area (Å²) in [5, 5.41) is 28.3. The molecular formula is C26H27N7O2. The van der Waals surface area contributed by atoms with E-state index in [4.69, 9.17) is 0 Å². The third kappa shape index (κ3) is 3.67. The minimum Gasteiger partial charge on any atom is -0.507 e. The fourth-order valence-corrected chi connectivity index (χ4v) is 5.20. The van der Waals surface area contributed by atoms with E-state index in [1.54, 1.807) is 16.8 Å². The van der Waals surface area contributed by atoms with Crippen molar-refractivity contribution in [2.24, 2.45) is 11.3 Å². The van der Waals surface area contributed by atoms with Gasteiger partial charge in [-0.05, 0) is 36.2 Å². The first-order valence-electron chi connectivity index (χ1n) is 11.9. The molecule has 2 fully saturated rings. The maximum Gasteiger partial charge on any atom is 0.171 e. The number of para-hydroxylation sites is 1. The summed E-state index contributed by atoms with van der Waals surface area (Å²) in [7, 11) is 0. The van der Waals surface area contributed by atoms with Crippen LogP contribution in [0.25, 0.3) is 22.2 Å². The van der Waals surface area contributed by atoms with E-state index in [1.165, 1.54) is 0 Å². The Morgan fingerprint density at radius 2 is 1.74 bits per heavy atom. The number of aromatic nitrogens is 5. The van der Waals surface area contributed by atoms with Crippen LogP contribution in [0.4, 0.5) is 11.5 Å². The smallest absolute Gasteiger partial charge is 0.171 e. The lowest BCUT2D eigenvalue weighted by atomic mass is 9.72. The molecule has 4 aromatic rings. The summed E-state index contributed by atoms with van der Waals surface area (Å²) in [6.45, 7) is 7.85. The van der Waals surface area contributed by atoms with E-state index in [0.717, 1.165) is 54.9 Å². The average molecular weight is 470 g/mol. The highest BCUT2D eigenvalue weighted by molar-refractivity contribution is 5.85. The number of hydrogen-bond donors (Lipinski definition) is 1. The number of hydrogen-bond acceptors (Lipinski definition) is 8. The van der Waals surface area contributed by atoms with E-state index in [9.17, 15) is 9.90 Å². The predicted octanol–water partition coefficient (Wildman–Crippen LogP) is 3.32. The van der Waals surface area contributed by atoms with Gasteiger partial charge in [0.2, 0.25) is 0 Å². The Kier molecular flexibility index (Phi) is 4.94. The van der Waals surface area contributed by atoms with Gasteiger partial charge in [0.1, 0.15) is 18.1 Å². The van der Waals surface area contributed by atoms with Crippen molar-refractivity contribution in [2.75, 3.05) is 36.0 Å². The van der Waals surface area contributed by atoms with E-state index in [0.29, 0.717) is 11.3 Å². The molecule has 9 nitrogen and oxygen atoms in total. The van der Waals surface area contributed by atoms with Crippen LogP contribution in [0.3, 0.4) is 0 Å². The first-order chi connectivity index (χ1) is 16.9. The highest BCUT2D eigenvalue weighted by atomic mass is 16.3. The quantitative estimate of drug-likeness (QED) is 0.429. The molecule has 0 saturated carbocycles. The molecule has 0 bridgehead atoms. The van der Waals surface area contributed by atoms with Gasteiger partial charge in [0.15, 0.2) is 5.82 Å². The highest BCUT2D eigenvalue weighted by Crippen LogP contribution is 2.43. The number of phenolic OH excluding ortho intramolecular Hbond substituents is 1. The molecule has 2 aliphatic heterocycles. The molecule has 2 aliphatic rings. The molecular weight excluding hydrogens is 442 g/mol. The SMILES string of the molecule is CC(C)C(C=O)n1cc(N2CC3(CN(c4ccc5cc(-c6ccccc6O)nnc5c4)C3)C2)nn1. The molecule has 0 aliphatic carbocycles. The van der Waals surface area contributed by atoms with Crippen LogP contribution in [-0.4, -0.2) is 62.8 Å². The van der Waals surface area contributed by atoms with Crippen molar-refractivity contribution in [3.05, 3.63) is 54.7 Å². The minimum atomic E-state index is -0.281. The van der Waals surface area contributed by atoms with Gasteiger partial charge in [0.25, 0.3) is 0 Å². The Hall–Kier alpha value is -4.01. The van der Waals surface area contributed by atoms with Crippen LogP contribution in [0.1, 0.15) is 19.9 Å². The molecule has 1 unspecified atom stereocenters. The van der Waals surface area contributed by atoms with E-state index in [2.05, 4.69) is 48.5 Å². The largest absolute Gasteiger partial charge is 0.507 e. The molecule has 2 saturated heterocycles. The molecule has 6 rings (SSSR count). The Bertz CT molecular complexity index is 1400. The standard InChI is InChI=1S/C26H27N7O2/c1-17(2)23(12-34)33-11-25(29-30-33)32-15-26(16-32)13-31(14-26)19-8-7-18-9-22(28-27-21(18)10-19)20-5-3-4-6-24(20)35/h3-12,17,23,35H,13-16H2,1-2H3. The second-order valence-electron chi connectivity index (χ2n) is 10.1. The Morgan fingerprint density at radius 3 is 2.49 bits per heavy atom. The van der Waals surface area contributed by atoms with Gasteiger partial charge in [0.05, 0.1) is 17.4 Å². The molecule has 35 heavy (non-hydrogen) atoms. The zero-order valence-electron chi connectivity index (χ0n) is 19.7. The van der Waals surface area contributed by atoms with Crippen LogP contribution in [-0.2, 0) is 4.79 Å². The Balaban J connectivity index is 1.11. The summed E-state index contributed by atoms with van der Waals surface area (Å²) in [6, 6.07) is 15.1. The lowest BCUT2D eigenvalue weighted by molar-refractivity contribution is -0.111. The molecule has 0 amide bonds. The second-order valence-corrected chi connectivity index (χ2v) is 10.1. The number of aldehydes is 1. The average Bonchev–Trinajstić information content (AvgIpc) is 3.26. The summed E-state index contributed by atoms with van der Waals surface area (Å²) in [4.78, 5) is 16.0. The van der Waals surface area contributed by atoms with Crippen LogP contribution >= 0.6 is 0 Å². The fraction of sp³-hybridized carbons (Fsp3) is 0.346. The molecule has 0 radical (unpaired) electrons. The number of fused-ring (bicyclic) bond motifs is 1. The number of rotatable bonds is 6. The molecule has 9 heteroatoms. The zero-order valence-corrected chi connectivity index (χ0v) is 19.7. The van der Waals surface area contributed by atoms with Crippen LogP contribution in [0.5, 0.6) is 5.75 Å². The third-order valence-electron chi connectivity index (χ3n) is 7.17. The van der Waals surface area contributed by atoms with Crippen LogP contribution < -0.4 is 9.80 Å². The van der Waals surface area contributed by atoms with Gasteiger partial charge in [-0.3, -0.25) is 0 Å². The van der Waals surface area contributed by atoms with Gasteiger partial charge >= 0.3 is 0 Å². The van der Waals surface area contributed by atoms with Gasteiger partial charge in [-0.15, -0.1) is 15.3 Å². The maximum absolute atomic E-state index is 11.4. The first-order valence-corrected chi connectivity index (χ1v) is 11.9. The van der Waals surface area contributed by atoms with Crippen molar-refractivity contribution in [1.29, 1.82) is 0 Å². The highest BCUT2D eigenvalue weighted by Gasteiger charge is 2.52. The molecule has 4 heterocycles. The number of aromatic hydroxyl groups is 1. The third-order valence-corrected chi connectivity index (χ3v) is 7.17. The molecule has 1 N–H and O–H groups in total. The predicted molar refractivity (Wildman–Crippen MR) is 133 cm³/mol. The number of benzene rings is 2. The van der Waals surface area contributed by atoms with Crippen LogP contribution in [0, 0.1) is 11.3 Å². The van der Waals surface area contributed by atoms with Gasteiger partial charge in [-0.25, -0.2) is 4.68 Å². The van der Waals surface area contributed by atoms with Crippen LogP contribution in [0.2, 0.25) is 0 Å². The summed E-state index contributed by atoms with van der Waals surface area (Å²) < 4.78 is 1.67. The van der Waals surface area contributed by atoms with Crippen molar-refractivity contribution in [2.45, 2.75) is 19.9 Å². The molecule has 1 spiro atoms. The van der Waals surface area contributed by atoms with Crippen molar-refractivity contribution in [3.8, 4) is 17.0 Å². The Labute approximate surface area is 203 Å². The number of anilines is 2. The van der Waals surface area contributed by atoms with Crippen molar-refractivity contribution >= 4 is 28.7 Å². The topological polar surface area (TPSA) is 100 Å². The van der Waals surface area contributed by atoms with Gasteiger partial charge in [0, 0.05) is 48.2 Å². The van der Waals surface area contributed by atoms with Crippen molar-refractivity contribution < 1.29 is 9.90 Å². The minimum absolute atomic E-state index is 0.175. The van der Waals surface area contributed by atoms with Gasteiger partial charge in [-0.1, -0.05) is 37.3 Å². The van der Waals surface area contributed by atoms with E-state index >= 15 is 0 Å². The van der Waals surface area contributed by atoms with Gasteiger partial charge < -0.3 is 19.7 Å². The molecule has 1 atom stereocenters. The van der Waals surface area contributed by atoms with Gasteiger partial charge in [-0.2, -0.15) is 0 Å². The molecule has 2 aromatic carbocycles. The van der Waals surface area contributed by atoms with Crippen molar-refractivity contribution in [3.63, 3.8) is 0 Å². The lowest BCUT2D eigenvalue weighted by Gasteiger charge is -2.61. The first kappa shape index (κ1) is 21.5. The normalized spacial score (nSPS) is 17.5. The Morgan fingerprint density at radius 1 is 0.971 bits per heavy atom. The molecule has 178 valence electrons. The van der Waals surface area contributed by atoms with E-state index in [1.807, 2.05) is 38.2 Å². The molecule has 2 aromatic heterocycles. The summed E-state index contributed by atoms with van der Waals surface area (Å²) >= 11 is 0. The number of nitrogens with zero attached hydrogens (tertiary/aromatic N) is 7. The maximum atomic E-state index is 11.4. The van der Waals surface area contributed by atoms with Crippen LogP contribution in [0.15, 0.2) is 54.7 Å². The number of phenols is 1. The second kappa shape index (κ2) is 8.04. The zero-order chi connectivity index (χ0) is 24.2. The summed E-state index contributed by atoms with van der Waals surface area (Å²) in [6.07, 6.45) is 2.82. The fourth-order valence-electron chi connectivity index (χ4n) is 5.20. The monoisotopic (exact) mass is 469 g/mol. The van der Waals surface area contributed by atoms with Crippen molar-refractivity contribution in [1.82, 2.24) is 25.2 Å². The number of carbonyl (C=O) groups is 1. The van der Waals surface area contributed by atoms with E-state index < -0.39 is 0 Å².